The molecular weight excluding hydrogens is 352 g/mol. The fourth-order valence-electron chi connectivity index (χ4n) is 3.85. The summed E-state index contributed by atoms with van der Waals surface area (Å²) in [5.74, 6) is 0.951. The van der Waals surface area contributed by atoms with Crippen molar-refractivity contribution in [2.45, 2.75) is 63.3 Å². The van der Waals surface area contributed by atoms with Crippen LogP contribution < -0.4 is 15.4 Å². The van der Waals surface area contributed by atoms with Crippen LogP contribution in [0.3, 0.4) is 0 Å². The van der Waals surface area contributed by atoms with Crippen LogP contribution in [0.15, 0.2) is 54.6 Å². The number of carbonyl (C=O) groups excluding carboxylic acids is 1. The van der Waals surface area contributed by atoms with Gasteiger partial charge >= 0.3 is 6.09 Å². The molecule has 5 heteroatoms. The van der Waals surface area contributed by atoms with E-state index in [-0.39, 0.29) is 12.1 Å². The van der Waals surface area contributed by atoms with Gasteiger partial charge < -0.3 is 20.1 Å². The van der Waals surface area contributed by atoms with Gasteiger partial charge in [0.25, 0.3) is 0 Å². The van der Waals surface area contributed by atoms with Gasteiger partial charge in [0.15, 0.2) is 0 Å². The molecule has 0 bridgehead atoms. The topological polar surface area (TPSA) is 59.6 Å². The van der Waals surface area contributed by atoms with Crippen LogP contribution in [0.2, 0.25) is 0 Å². The monoisotopic (exact) mass is 380 g/mol. The Morgan fingerprint density at radius 2 is 1.64 bits per heavy atom. The van der Waals surface area contributed by atoms with Crippen molar-refractivity contribution in [1.29, 1.82) is 0 Å². The Morgan fingerprint density at radius 1 is 0.929 bits per heavy atom. The molecule has 0 radical (unpaired) electrons. The summed E-state index contributed by atoms with van der Waals surface area (Å²) >= 11 is 0. The van der Waals surface area contributed by atoms with Crippen LogP contribution in [0.5, 0.6) is 5.75 Å². The van der Waals surface area contributed by atoms with Crippen LogP contribution >= 0.6 is 0 Å². The molecule has 2 aromatic rings. The first kappa shape index (κ1) is 18.7. The van der Waals surface area contributed by atoms with E-state index in [1.54, 1.807) is 0 Å². The number of alkyl carbamates (subject to hydrolysis) is 1. The van der Waals surface area contributed by atoms with Crippen molar-refractivity contribution in [3.63, 3.8) is 0 Å². The maximum atomic E-state index is 11.9. The van der Waals surface area contributed by atoms with Crippen LogP contribution in [0.4, 0.5) is 10.5 Å². The first-order valence-corrected chi connectivity index (χ1v) is 10.2. The lowest BCUT2D eigenvalue weighted by Gasteiger charge is -2.36. The first-order valence-electron chi connectivity index (χ1n) is 10.2. The van der Waals surface area contributed by atoms with Gasteiger partial charge in [0.05, 0.1) is 6.10 Å². The minimum absolute atomic E-state index is 0.172. The molecule has 148 valence electrons. The number of hydrogen-bond acceptors (Lipinski definition) is 4. The highest BCUT2D eigenvalue weighted by Crippen LogP contribution is 2.27. The molecule has 0 aromatic heterocycles. The lowest BCUT2D eigenvalue weighted by Crippen LogP contribution is -2.49. The van der Waals surface area contributed by atoms with E-state index < -0.39 is 0 Å². The number of nitrogens with one attached hydrogen (secondary N) is 2. The molecule has 2 saturated carbocycles. The second kappa shape index (κ2) is 9.00. The molecule has 0 saturated heterocycles. The Kier molecular flexibility index (Phi) is 6.00. The predicted molar refractivity (Wildman–Crippen MR) is 110 cm³/mol. The third-order valence-electron chi connectivity index (χ3n) is 5.50. The highest BCUT2D eigenvalue weighted by atomic mass is 16.5. The lowest BCUT2D eigenvalue weighted by atomic mass is 9.86. The summed E-state index contributed by atoms with van der Waals surface area (Å²) in [5.41, 5.74) is 2.08. The standard InChI is InChI=1S/C23H28N2O3/c26-23(27-16-17-6-2-1-3-7-17)25-20-14-19(15-20)24-18-10-12-22(13-11-18)28-21-8-4-5-9-21/h1-3,6-7,10-13,19-21,24H,4-5,8-9,14-16H2,(H,25,26). The smallest absolute Gasteiger partial charge is 0.407 e. The SMILES string of the molecule is O=C(NC1CC(Nc2ccc(OC3CCCC3)cc2)C1)OCc1ccccc1. The Hall–Kier alpha value is -2.69. The largest absolute Gasteiger partial charge is 0.490 e. The molecule has 1 amide bonds. The second-order valence-corrected chi connectivity index (χ2v) is 7.76. The number of rotatable bonds is 7. The Morgan fingerprint density at radius 3 is 2.36 bits per heavy atom. The van der Waals surface area contributed by atoms with Crippen molar-refractivity contribution in [3.05, 3.63) is 60.2 Å². The first-order chi connectivity index (χ1) is 13.7. The van der Waals surface area contributed by atoms with Gasteiger partial charge in [-0.05, 0) is 68.4 Å². The predicted octanol–water partition coefficient (Wildman–Crippen LogP) is 4.88. The molecule has 0 aliphatic heterocycles. The summed E-state index contributed by atoms with van der Waals surface area (Å²) in [6.07, 6.45) is 6.75. The molecule has 2 fully saturated rings. The molecule has 0 unspecified atom stereocenters. The highest BCUT2D eigenvalue weighted by molar-refractivity contribution is 5.67. The van der Waals surface area contributed by atoms with Gasteiger partial charge in [-0.25, -0.2) is 4.79 Å². The molecule has 0 heterocycles. The molecule has 2 aromatic carbocycles. The molecule has 5 nitrogen and oxygen atoms in total. The number of amides is 1. The van der Waals surface area contributed by atoms with Crippen molar-refractivity contribution in [2.75, 3.05) is 5.32 Å². The molecule has 28 heavy (non-hydrogen) atoms. The fourth-order valence-corrected chi connectivity index (χ4v) is 3.85. The van der Waals surface area contributed by atoms with Gasteiger partial charge in [0, 0.05) is 17.8 Å². The zero-order valence-corrected chi connectivity index (χ0v) is 16.1. The van der Waals surface area contributed by atoms with Crippen LogP contribution in [0.25, 0.3) is 0 Å². The molecule has 2 aliphatic carbocycles. The van der Waals surface area contributed by atoms with E-state index in [0.717, 1.165) is 29.8 Å². The summed E-state index contributed by atoms with van der Waals surface area (Å²) in [5, 5.41) is 6.44. The van der Waals surface area contributed by atoms with E-state index >= 15 is 0 Å². The summed E-state index contributed by atoms with van der Waals surface area (Å²) in [6, 6.07) is 18.5. The third kappa shape index (κ3) is 5.18. The van der Waals surface area contributed by atoms with Gasteiger partial charge in [0.2, 0.25) is 0 Å². The summed E-state index contributed by atoms with van der Waals surface area (Å²) in [4.78, 5) is 11.9. The number of ether oxygens (including phenoxy) is 2. The molecular formula is C23H28N2O3. The third-order valence-corrected chi connectivity index (χ3v) is 5.50. The van der Waals surface area contributed by atoms with Crippen molar-refractivity contribution >= 4 is 11.8 Å². The van der Waals surface area contributed by atoms with Crippen LogP contribution in [0.1, 0.15) is 44.1 Å². The van der Waals surface area contributed by atoms with E-state index in [1.165, 1.54) is 25.7 Å². The van der Waals surface area contributed by atoms with Crippen LogP contribution in [-0.2, 0) is 11.3 Å². The molecule has 0 atom stereocenters. The fraction of sp³-hybridized carbons (Fsp3) is 0.435. The Bertz CT molecular complexity index is 751. The average molecular weight is 380 g/mol. The number of benzene rings is 2. The molecule has 4 rings (SSSR count). The average Bonchev–Trinajstić information content (AvgIpc) is 3.20. The number of anilines is 1. The Balaban J connectivity index is 1.14. The second-order valence-electron chi connectivity index (χ2n) is 7.76. The summed E-state index contributed by atoms with van der Waals surface area (Å²) in [6.45, 7) is 0.302. The van der Waals surface area contributed by atoms with Crippen molar-refractivity contribution < 1.29 is 14.3 Å². The van der Waals surface area contributed by atoms with Gasteiger partial charge in [-0.3, -0.25) is 0 Å². The van der Waals surface area contributed by atoms with E-state index in [2.05, 4.69) is 22.8 Å². The van der Waals surface area contributed by atoms with Crippen LogP contribution in [0, 0.1) is 0 Å². The normalized spacial score (nSPS) is 21.6. The number of hydrogen-bond donors (Lipinski definition) is 2. The van der Waals surface area contributed by atoms with Gasteiger partial charge in [-0.15, -0.1) is 0 Å². The highest BCUT2D eigenvalue weighted by Gasteiger charge is 2.30. The maximum Gasteiger partial charge on any atom is 0.407 e. The lowest BCUT2D eigenvalue weighted by molar-refractivity contribution is 0.129. The van der Waals surface area contributed by atoms with Crippen LogP contribution in [-0.4, -0.2) is 24.3 Å². The molecule has 2 N–H and O–H groups in total. The zero-order valence-electron chi connectivity index (χ0n) is 16.1. The summed E-state index contributed by atoms with van der Waals surface area (Å²) < 4.78 is 11.3. The van der Waals surface area contributed by atoms with E-state index in [4.69, 9.17) is 9.47 Å². The van der Waals surface area contributed by atoms with E-state index in [0.29, 0.717) is 18.8 Å². The minimum atomic E-state index is -0.347. The van der Waals surface area contributed by atoms with Crippen molar-refractivity contribution in [3.8, 4) is 5.75 Å². The van der Waals surface area contributed by atoms with Gasteiger partial charge in [-0.2, -0.15) is 0 Å². The van der Waals surface area contributed by atoms with Gasteiger partial charge in [0.1, 0.15) is 12.4 Å². The van der Waals surface area contributed by atoms with E-state index in [1.807, 2.05) is 42.5 Å². The quantitative estimate of drug-likeness (QED) is 0.719. The molecule has 2 aliphatic rings. The minimum Gasteiger partial charge on any atom is -0.490 e. The van der Waals surface area contributed by atoms with Gasteiger partial charge in [-0.1, -0.05) is 30.3 Å². The zero-order chi connectivity index (χ0) is 19.2. The molecule has 0 spiro atoms. The Labute approximate surface area is 166 Å². The summed E-state index contributed by atoms with van der Waals surface area (Å²) in [7, 11) is 0. The number of carbonyl (C=O) groups is 1. The maximum absolute atomic E-state index is 11.9. The van der Waals surface area contributed by atoms with Crippen molar-refractivity contribution in [1.82, 2.24) is 5.32 Å². The van der Waals surface area contributed by atoms with E-state index in [9.17, 15) is 4.79 Å². The van der Waals surface area contributed by atoms with Crippen molar-refractivity contribution in [2.24, 2.45) is 0 Å².